The van der Waals surface area contributed by atoms with Crippen LogP contribution in [0.5, 0.6) is 0 Å². The van der Waals surface area contributed by atoms with Gasteiger partial charge < -0.3 is 0 Å². The Morgan fingerprint density at radius 2 is 1.73 bits per heavy atom. The Hall–Kier alpha value is -0.820. The SMILES string of the molecule is CC.Cc1ccc2ccsc2c1C(C)C. The van der Waals surface area contributed by atoms with Gasteiger partial charge in [-0.15, -0.1) is 11.3 Å². The van der Waals surface area contributed by atoms with Crippen molar-refractivity contribution in [1.29, 1.82) is 0 Å². The minimum Gasteiger partial charge on any atom is -0.144 e. The highest BCUT2D eigenvalue weighted by Gasteiger charge is 2.08. The van der Waals surface area contributed by atoms with E-state index in [2.05, 4.69) is 44.4 Å². The summed E-state index contributed by atoms with van der Waals surface area (Å²) in [5.41, 5.74) is 2.94. The molecule has 0 amide bonds. The Labute approximate surface area is 96.9 Å². The monoisotopic (exact) mass is 220 g/mol. The zero-order valence-corrected chi connectivity index (χ0v) is 11.1. The molecule has 0 N–H and O–H groups in total. The third kappa shape index (κ3) is 2.40. The number of rotatable bonds is 1. The molecule has 0 aliphatic carbocycles. The van der Waals surface area contributed by atoms with Crippen LogP contribution in [0.1, 0.15) is 44.7 Å². The molecule has 1 aromatic carbocycles. The molecule has 82 valence electrons. The largest absolute Gasteiger partial charge is 0.144 e. The third-order valence-corrected chi connectivity index (χ3v) is 3.42. The Bertz CT molecular complexity index is 424. The van der Waals surface area contributed by atoms with E-state index in [1.54, 1.807) is 0 Å². The number of fused-ring (bicyclic) bond motifs is 1. The molecule has 1 aromatic heterocycles. The van der Waals surface area contributed by atoms with E-state index in [9.17, 15) is 0 Å². The molecule has 0 saturated carbocycles. The molecular weight excluding hydrogens is 200 g/mol. The van der Waals surface area contributed by atoms with E-state index in [1.807, 2.05) is 25.2 Å². The Kier molecular flexibility index (Phi) is 4.34. The van der Waals surface area contributed by atoms with Crippen LogP contribution in [0.15, 0.2) is 23.6 Å². The van der Waals surface area contributed by atoms with Gasteiger partial charge in [-0.25, -0.2) is 0 Å². The molecule has 0 unspecified atom stereocenters. The predicted molar refractivity (Wildman–Crippen MR) is 72.0 cm³/mol. The van der Waals surface area contributed by atoms with E-state index in [0.29, 0.717) is 5.92 Å². The van der Waals surface area contributed by atoms with Gasteiger partial charge in [0, 0.05) is 4.70 Å². The molecule has 0 aliphatic rings. The van der Waals surface area contributed by atoms with Gasteiger partial charge in [-0.1, -0.05) is 39.8 Å². The summed E-state index contributed by atoms with van der Waals surface area (Å²) in [6, 6.07) is 6.64. The maximum absolute atomic E-state index is 2.27. The molecule has 0 radical (unpaired) electrons. The van der Waals surface area contributed by atoms with Crippen LogP contribution in [0.4, 0.5) is 0 Å². The maximum atomic E-state index is 2.27. The fourth-order valence-corrected chi connectivity index (χ4v) is 3.02. The molecule has 0 saturated heterocycles. The topological polar surface area (TPSA) is 0 Å². The zero-order valence-electron chi connectivity index (χ0n) is 10.3. The van der Waals surface area contributed by atoms with Gasteiger partial charge >= 0.3 is 0 Å². The highest BCUT2D eigenvalue weighted by atomic mass is 32.1. The van der Waals surface area contributed by atoms with Crippen LogP contribution in [-0.2, 0) is 0 Å². The van der Waals surface area contributed by atoms with Gasteiger partial charge in [-0.2, -0.15) is 0 Å². The minimum atomic E-state index is 0.627. The Morgan fingerprint density at radius 3 is 2.33 bits per heavy atom. The van der Waals surface area contributed by atoms with Crippen molar-refractivity contribution in [3.05, 3.63) is 34.7 Å². The maximum Gasteiger partial charge on any atom is 0.0379 e. The highest BCUT2D eigenvalue weighted by molar-refractivity contribution is 7.17. The van der Waals surface area contributed by atoms with Gasteiger partial charge in [0.1, 0.15) is 0 Å². The molecule has 0 atom stereocenters. The average Bonchev–Trinajstić information content (AvgIpc) is 2.67. The van der Waals surface area contributed by atoms with Crippen LogP contribution in [0.3, 0.4) is 0 Å². The summed E-state index contributed by atoms with van der Waals surface area (Å²) in [7, 11) is 0. The van der Waals surface area contributed by atoms with Gasteiger partial charge in [-0.05, 0) is 40.8 Å². The molecule has 2 rings (SSSR count). The van der Waals surface area contributed by atoms with Crippen LogP contribution >= 0.6 is 11.3 Å². The summed E-state index contributed by atoms with van der Waals surface area (Å²) in [4.78, 5) is 0. The summed E-state index contributed by atoms with van der Waals surface area (Å²) in [5.74, 6) is 0.627. The Balaban J connectivity index is 0.000000531. The van der Waals surface area contributed by atoms with E-state index >= 15 is 0 Å². The van der Waals surface area contributed by atoms with Gasteiger partial charge in [0.15, 0.2) is 0 Å². The molecular formula is C14H20S. The van der Waals surface area contributed by atoms with Crippen molar-refractivity contribution >= 4 is 21.4 Å². The van der Waals surface area contributed by atoms with Crippen LogP contribution in [-0.4, -0.2) is 0 Å². The van der Waals surface area contributed by atoms with E-state index in [-0.39, 0.29) is 0 Å². The van der Waals surface area contributed by atoms with E-state index in [4.69, 9.17) is 0 Å². The summed E-state index contributed by atoms with van der Waals surface area (Å²) in [6.07, 6.45) is 0. The molecule has 2 aromatic rings. The number of thiophene rings is 1. The third-order valence-electron chi connectivity index (χ3n) is 2.46. The van der Waals surface area contributed by atoms with Crippen LogP contribution in [0, 0.1) is 6.92 Å². The number of benzene rings is 1. The van der Waals surface area contributed by atoms with E-state index in [0.717, 1.165) is 0 Å². The average molecular weight is 220 g/mol. The molecule has 15 heavy (non-hydrogen) atoms. The highest BCUT2D eigenvalue weighted by Crippen LogP contribution is 2.32. The van der Waals surface area contributed by atoms with Crippen molar-refractivity contribution in [2.45, 2.75) is 40.5 Å². The molecule has 1 heteroatoms. The Morgan fingerprint density at radius 1 is 1.07 bits per heavy atom. The predicted octanol–water partition coefficient (Wildman–Crippen LogP) is 5.36. The number of hydrogen-bond acceptors (Lipinski definition) is 1. The molecule has 0 spiro atoms. The van der Waals surface area contributed by atoms with Gasteiger partial charge in [0.2, 0.25) is 0 Å². The summed E-state index contributed by atoms with van der Waals surface area (Å²) < 4.78 is 1.47. The first-order valence-corrected chi connectivity index (χ1v) is 6.55. The van der Waals surface area contributed by atoms with Crippen molar-refractivity contribution in [3.8, 4) is 0 Å². The van der Waals surface area contributed by atoms with Crippen molar-refractivity contribution in [2.24, 2.45) is 0 Å². The fraction of sp³-hybridized carbons (Fsp3) is 0.429. The number of aryl methyl sites for hydroxylation is 1. The molecule has 0 nitrogen and oxygen atoms in total. The summed E-state index contributed by atoms with van der Waals surface area (Å²) in [6.45, 7) is 10.7. The van der Waals surface area contributed by atoms with Gasteiger partial charge in [-0.3, -0.25) is 0 Å². The van der Waals surface area contributed by atoms with Crippen molar-refractivity contribution in [2.75, 3.05) is 0 Å². The second kappa shape index (κ2) is 5.32. The summed E-state index contributed by atoms with van der Waals surface area (Å²) in [5, 5.41) is 3.56. The molecule has 0 aliphatic heterocycles. The summed E-state index contributed by atoms with van der Waals surface area (Å²) >= 11 is 1.86. The standard InChI is InChI=1S/C12H14S.C2H6/c1-8(2)11-9(3)4-5-10-6-7-13-12(10)11;1-2/h4-8H,1-3H3;1-2H3. The van der Waals surface area contributed by atoms with E-state index < -0.39 is 0 Å². The van der Waals surface area contributed by atoms with E-state index in [1.165, 1.54) is 21.2 Å². The fourth-order valence-electron chi connectivity index (χ4n) is 1.87. The lowest BCUT2D eigenvalue weighted by atomic mass is 9.97. The van der Waals surface area contributed by atoms with Crippen molar-refractivity contribution in [3.63, 3.8) is 0 Å². The lowest BCUT2D eigenvalue weighted by molar-refractivity contribution is 0.868. The van der Waals surface area contributed by atoms with Crippen LogP contribution in [0.25, 0.3) is 10.1 Å². The lowest BCUT2D eigenvalue weighted by Crippen LogP contribution is -1.91. The van der Waals surface area contributed by atoms with Gasteiger partial charge in [0.05, 0.1) is 0 Å². The first-order chi connectivity index (χ1) is 7.20. The van der Waals surface area contributed by atoms with Crippen LogP contribution < -0.4 is 0 Å². The van der Waals surface area contributed by atoms with Gasteiger partial charge in [0.25, 0.3) is 0 Å². The normalized spacial score (nSPS) is 10.3. The van der Waals surface area contributed by atoms with Crippen molar-refractivity contribution < 1.29 is 0 Å². The molecule has 0 bridgehead atoms. The molecule has 0 fully saturated rings. The second-order valence-electron chi connectivity index (χ2n) is 3.79. The lowest BCUT2D eigenvalue weighted by Gasteiger charge is -2.10. The first-order valence-electron chi connectivity index (χ1n) is 5.67. The molecule has 1 heterocycles. The van der Waals surface area contributed by atoms with Crippen LogP contribution in [0.2, 0.25) is 0 Å². The van der Waals surface area contributed by atoms with Crippen molar-refractivity contribution in [1.82, 2.24) is 0 Å². The smallest absolute Gasteiger partial charge is 0.0379 e. The quantitative estimate of drug-likeness (QED) is 0.607. The first kappa shape index (κ1) is 12.3. The zero-order chi connectivity index (χ0) is 11.4. The minimum absolute atomic E-state index is 0.627. The second-order valence-corrected chi connectivity index (χ2v) is 4.71. The number of hydrogen-bond donors (Lipinski definition) is 0.